The lowest BCUT2D eigenvalue weighted by atomic mass is 9.90. The zero-order chi connectivity index (χ0) is 26.4. The van der Waals surface area contributed by atoms with Crippen molar-refractivity contribution in [3.8, 4) is 11.4 Å². The molecule has 9 heteroatoms. The van der Waals surface area contributed by atoms with Crippen LogP contribution in [0.1, 0.15) is 66.8 Å². The number of rotatable bonds is 6. The second kappa shape index (κ2) is 9.91. The minimum Gasteiger partial charge on any atom is -0.495 e. The number of halogens is 2. The van der Waals surface area contributed by atoms with Gasteiger partial charge in [0.15, 0.2) is 0 Å². The summed E-state index contributed by atoms with van der Waals surface area (Å²) in [6.07, 6.45) is 7.50. The molecule has 2 N–H and O–H groups in total. The SMILES string of the molecule is CCC1CCCN1c1nc(N)nc2c1C(c1ccc(-n3cnc(Cl)c3)c(OC)c1)CC2c1ccc(F)cc1. The number of aromatic nitrogens is 4. The van der Waals surface area contributed by atoms with E-state index >= 15 is 0 Å². The van der Waals surface area contributed by atoms with Crippen molar-refractivity contribution in [3.63, 3.8) is 0 Å². The maximum atomic E-state index is 13.8. The van der Waals surface area contributed by atoms with Gasteiger partial charge in [-0.25, -0.2) is 14.4 Å². The molecule has 2 aromatic heterocycles. The van der Waals surface area contributed by atoms with Crippen molar-refractivity contribution in [2.75, 3.05) is 24.3 Å². The summed E-state index contributed by atoms with van der Waals surface area (Å²) in [5, 5.41) is 0.415. The summed E-state index contributed by atoms with van der Waals surface area (Å²) < 4.78 is 21.5. The Morgan fingerprint density at radius 2 is 1.89 bits per heavy atom. The fourth-order valence-corrected chi connectivity index (χ4v) is 6.31. The van der Waals surface area contributed by atoms with Gasteiger partial charge >= 0.3 is 0 Å². The standard InChI is InChI=1S/C29H30ClFN6O/c1-3-20-5-4-12-37(20)28-26-21(18-8-11-23(24(13-18)38-2)36-15-25(30)33-16-36)14-22(27(26)34-29(32)35-28)17-6-9-19(31)10-7-17/h6-11,13,15-16,20-22H,3-5,12,14H2,1-2H3,(H2,32,34,35). The van der Waals surface area contributed by atoms with Gasteiger partial charge < -0.3 is 19.9 Å². The zero-order valence-electron chi connectivity index (χ0n) is 21.4. The lowest BCUT2D eigenvalue weighted by Crippen LogP contribution is -2.31. The molecule has 0 saturated carbocycles. The zero-order valence-corrected chi connectivity index (χ0v) is 22.2. The first-order valence-corrected chi connectivity index (χ1v) is 13.4. The van der Waals surface area contributed by atoms with E-state index < -0.39 is 0 Å². The molecule has 2 aliphatic rings. The van der Waals surface area contributed by atoms with Gasteiger partial charge in [0.05, 0.1) is 18.5 Å². The molecule has 0 spiro atoms. The fraction of sp³-hybridized carbons (Fsp3) is 0.345. The Morgan fingerprint density at radius 1 is 1.11 bits per heavy atom. The van der Waals surface area contributed by atoms with Gasteiger partial charge in [-0.15, -0.1) is 0 Å². The number of nitrogens with zero attached hydrogens (tertiary/aromatic N) is 5. The lowest BCUT2D eigenvalue weighted by molar-refractivity contribution is 0.412. The molecule has 1 aliphatic heterocycles. The smallest absolute Gasteiger partial charge is 0.222 e. The highest BCUT2D eigenvalue weighted by Crippen LogP contribution is 2.52. The summed E-state index contributed by atoms with van der Waals surface area (Å²) in [4.78, 5) is 16.2. The van der Waals surface area contributed by atoms with E-state index in [-0.39, 0.29) is 23.6 Å². The molecule has 1 aliphatic carbocycles. The van der Waals surface area contributed by atoms with Crippen molar-refractivity contribution in [3.05, 3.63) is 88.3 Å². The number of anilines is 2. The molecular weight excluding hydrogens is 503 g/mol. The van der Waals surface area contributed by atoms with Crippen molar-refractivity contribution in [2.45, 2.75) is 50.5 Å². The predicted molar refractivity (Wildman–Crippen MR) is 147 cm³/mol. The Labute approximate surface area is 226 Å². The number of benzene rings is 2. The molecule has 3 atom stereocenters. The van der Waals surface area contributed by atoms with Gasteiger partial charge in [0, 0.05) is 36.2 Å². The Balaban J connectivity index is 1.50. The van der Waals surface area contributed by atoms with Crippen LogP contribution < -0.4 is 15.4 Å². The third kappa shape index (κ3) is 4.26. The predicted octanol–water partition coefficient (Wildman–Crippen LogP) is 6.09. The van der Waals surface area contributed by atoms with Gasteiger partial charge in [-0.2, -0.15) is 4.98 Å². The number of fused-ring (bicyclic) bond motifs is 1. The van der Waals surface area contributed by atoms with Gasteiger partial charge in [0.2, 0.25) is 5.95 Å². The van der Waals surface area contributed by atoms with Crippen molar-refractivity contribution < 1.29 is 9.13 Å². The number of methoxy groups -OCH3 is 1. The van der Waals surface area contributed by atoms with E-state index in [1.165, 1.54) is 12.1 Å². The second-order valence-electron chi connectivity index (χ2n) is 10.0. The Kier molecular flexibility index (Phi) is 6.43. The van der Waals surface area contributed by atoms with Crippen molar-refractivity contribution in [2.24, 2.45) is 0 Å². The van der Waals surface area contributed by atoms with Crippen LogP contribution in [0.4, 0.5) is 16.2 Å². The number of imidazole rings is 1. The van der Waals surface area contributed by atoms with Gasteiger partial charge in [-0.05, 0) is 61.1 Å². The maximum absolute atomic E-state index is 13.8. The van der Waals surface area contributed by atoms with Crippen LogP contribution >= 0.6 is 11.6 Å². The molecule has 1 saturated heterocycles. The third-order valence-corrected chi connectivity index (χ3v) is 8.15. The number of hydrogen-bond donors (Lipinski definition) is 1. The van der Waals surface area contributed by atoms with Crippen molar-refractivity contribution in [1.29, 1.82) is 0 Å². The number of hydrogen-bond acceptors (Lipinski definition) is 6. The fourth-order valence-electron chi connectivity index (χ4n) is 6.16. The molecular formula is C29H30ClFN6O. The summed E-state index contributed by atoms with van der Waals surface area (Å²) in [6.45, 7) is 3.16. The highest BCUT2D eigenvalue weighted by molar-refractivity contribution is 6.29. The van der Waals surface area contributed by atoms with Crippen LogP contribution in [-0.2, 0) is 0 Å². The van der Waals surface area contributed by atoms with E-state index in [1.807, 2.05) is 22.8 Å². The molecule has 3 unspecified atom stereocenters. The highest BCUT2D eigenvalue weighted by atomic mass is 35.5. The molecule has 7 nitrogen and oxygen atoms in total. The molecule has 0 bridgehead atoms. The Hall–Kier alpha value is -3.65. The average Bonchev–Trinajstić information content (AvgIpc) is 3.67. The average molecular weight is 533 g/mol. The van der Waals surface area contributed by atoms with Gasteiger partial charge in [-0.1, -0.05) is 36.7 Å². The van der Waals surface area contributed by atoms with E-state index in [0.717, 1.165) is 66.1 Å². The summed E-state index contributed by atoms with van der Waals surface area (Å²) in [5.41, 5.74) is 11.3. The molecule has 3 heterocycles. The minimum absolute atomic E-state index is 0.0167. The number of nitrogens with two attached hydrogens (primary N) is 1. The van der Waals surface area contributed by atoms with E-state index in [0.29, 0.717) is 16.9 Å². The van der Waals surface area contributed by atoms with Crippen LogP contribution in [0, 0.1) is 5.82 Å². The third-order valence-electron chi connectivity index (χ3n) is 7.95. The molecule has 2 aromatic carbocycles. The van der Waals surface area contributed by atoms with Gasteiger partial charge in [-0.3, -0.25) is 0 Å². The van der Waals surface area contributed by atoms with Crippen LogP contribution in [0.15, 0.2) is 55.0 Å². The minimum atomic E-state index is -0.255. The van der Waals surface area contributed by atoms with Crippen LogP contribution in [0.3, 0.4) is 0 Å². The van der Waals surface area contributed by atoms with Crippen molar-refractivity contribution in [1.82, 2.24) is 19.5 Å². The maximum Gasteiger partial charge on any atom is 0.222 e. The van der Waals surface area contributed by atoms with Crippen LogP contribution in [0.25, 0.3) is 5.69 Å². The first-order valence-electron chi connectivity index (χ1n) is 13.0. The van der Waals surface area contributed by atoms with Crippen LogP contribution in [-0.4, -0.2) is 39.2 Å². The van der Waals surface area contributed by atoms with Crippen molar-refractivity contribution >= 4 is 23.4 Å². The normalized spacial score (nSPS) is 20.6. The first kappa shape index (κ1) is 24.7. The summed E-state index contributed by atoms with van der Waals surface area (Å²) in [6, 6.07) is 13.4. The monoisotopic (exact) mass is 532 g/mol. The summed E-state index contributed by atoms with van der Waals surface area (Å²) in [7, 11) is 1.66. The molecule has 6 rings (SSSR count). The number of nitrogen functional groups attached to an aromatic ring is 1. The molecule has 1 fully saturated rings. The van der Waals surface area contributed by atoms with Gasteiger partial charge in [0.1, 0.15) is 28.9 Å². The second-order valence-corrected chi connectivity index (χ2v) is 10.4. The molecule has 4 aromatic rings. The lowest BCUT2D eigenvalue weighted by Gasteiger charge is -2.28. The van der Waals surface area contributed by atoms with E-state index in [1.54, 1.807) is 19.6 Å². The van der Waals surface area contributed by atoms with Crippen LogP contribution in [0.2, 0.25) is 5.15 Å². The largest absolute Gasteiger partial charge is 0.495 e. The summed E-state index contributed by atoms with van der Waals surface area (Å²) >= 11 is 6.07. The van der Waals surface area contributed by atoms with Gasteiger partial charge in [0.25, 0.3) is 0 Å². The number of ether oxygens (including phenoxy) is 1. The van der Waals surface area contributed by atoms with E-state index in [9.17, 15) is 4.39 Å². The molecule has 0 amide bonds. The van der Waals surface area contributed by atoms with E-state index in [2.05, 4.69) is 28.9 Å². The van der Waals surface area contributed by atoms with E-state index in [4.69, 9.17) is 32.0 Å². The molecule has 0 radical (unpaired) electrons. The Morgan fingerprint density at radius 3 is 2.61 bits per heavy atom. The first-order chi connectivity index (χ1) is 18.5. The molecule has 38 heavy (non-hydrogen) atoms. The quantitative estimate of drug-likeness (QED) is 0.323. The molecule has 196 valence electrons. The Bertz CT molecular complexity index is 1470. The van der Waals surface area contributed by atoms with Crippen LogP contribution in [0.5, 0.6) is 5.75 Å². The highest BCUT2D eigenvalue weighted by Gasteiger charge is 2.40. The topological polar surface area (TPSA) is 82.1 Å². The summed E-state index contributed by atoms with van der Waals surface area (Å²) in [5.74, 6) is 1.65.